The minimum atomic E-state index is -0.459. The van der Waals surface area contributed by atoms with Crippen LogP contribution in [0.2, 0.25) is 0 Å². The molecule has 0 spiro atoms. The van der Waals surface area contributed by atoms with Crippen LogP contribution in [0.4, 0.5) is 0 Å². The molecule has 0 radical (unpaired) electrons. The highest BCUT2D eigenvalue weighted by atomic mass is 16.5. The minimum Gasteiger partial charge on any atom is -0.496 e. The van der Waals surface area contributed by atoms with Crippen LogP contribution in [0.3, 0.4) is 0 Å². The maximum absolute atomic E-state index is 13.1. The number of ether oxygens (including phenoxy) is 3. The zero-order chi connectivity index (χ0) is 25.5. The maximum Gasteiger partial charge on any atom is 0.343 e. The third-order valence-corrected chi connectivity index (χ3v) is 7.07. The number of esters is 1. The number of aromatic nitrogens is 1. The van der Waals surface area contributed by atoms with Crippen LogP contribution in [-0.2, 0) is 17.7 Å². The number of nitrogens with zero attached hydrogens (tertiary/aromatic N) is 3. The summed E-state index contributed by atoms with van der Waals surface area (Å²) in [6.07, 6.45) is 6.93. The Kier molecular flexibility index (Phi) is 8.83. The highest BCUT2D eigenvalue weighted by molar-refractivity contribution is 5.93. The number of carbonyl (C=O) groups excluding carboxylic acids is 1. The van der Waals surface area contributed by atoms with Crippen LogP contribution in [0.5, 0.6) is 11.5 Å². The largest absolute Gasteiger partial charge is 0.496 e. The van der Waals surface area contributed by atoms with Gasteiger partial charge in [-0.2, -0.15) is 0 Å². The molecule has 2 aromatic rings. The third-order valence-electron chi connectivity index (χ3n) is 7.07. The van der Waals surface area contributed by atoms with Crippen molar-refractivity contribution < 1.29 is 19.0 Å². The molecule has 1 aromatic heterocycles. The third kappa shape index (κ3) is 6.17. The maximum atomic E-state index is 13.1. The van der Waals surface area contributed by atoms with Crippen molar-refractivity contribution in [2.24, 2.45) is 5.92 Å². The molecule has 8 nitrogen and oxygen atoms in total. The van der Waals surface area contributed by atoms with Gasteiger partial charge in [-0.3, -0.25) is 9.69 Å². The Hall–Kier alpha value is -3.10. The molecule has 0 aliphatic carbocycles. The van der Waals surface area contributed by atoms with Crippen molar-refractivity contribution in [2.45, 2.75) is 25.8 Å². The molecule has 36 heavy (non-hydrogen) atoms. The van der Waals surface area contributed by atoms with Crippen LogP contribution < -0.4 is 15.0 Å². The Labute approximate surface area is 213 Å². The molecule has 1 unspecified atom stereocenters. The second kappa shape index (κ2) is 12.2. The fraction of sp³-hybridized carbons (Fsp3) is 0.500. The van der Waals surface area contributed by atoms with Gasteiger partial charge in [-0.15, -0.1) is 0 Å². The Morgan fingerprint density at radius 2 is 1.94 bits per heavy atom. The molecule has 1 saturated heterocycles. The van der Waals surface area contributed by atoms with Crippen LogP contribution in [-0.4, -0.2) is 80.9 Å². The molecule has 0 bridgehead atoms. The van der Waals surface area contributed by atoms with Crippen LogP contribution in [0.25, 0.3) is 6.08 Å². The van der Waals surface area contributed by atoms with E-state index in [9.17, 15) is 9.59 Å². The van der Waals surface area contributed by atoms with Crippen molar-refractivity contribution in [3.63, 3.8) is 0 Å². The monoisotopic (exact) mass is 495 g/mol. The van der Waals surface area contributed by atoms with E-state index in [-0.39, 0.29) is 5.56 Å². The summed E-state index contributed by atoms with van der Waals surface area (Å²) < 4.78 is 18.4. The lowest BCUT2D eigenvalue weighted by Crippen LogP contribution is -2.35. The lowest BCUT2D eigenvalue weighted by atomic mass is 9.99. The van der Waals surface area contributed by atoms with Gasteiger partial charge in [-0.1, -0.05) is 30.4 Å². The first-order valence-corrected chi connectivity index (χ1v) is 12.7. The zero-order valence-electron chi connectivity index (χ0n) is 21.6. The topological polar surface area (TPSA) is 73.2 Å². The molecule has 2 aliphatic rings. The first kappa shape index (κ1) is 26.0. The summed E-state index contributed by atoms with van der Waals surface area (Å²) in [4.78, 5) is 30.5. The fourth-order valence-corrected chi connectivity index (χ4v) is 5.16. The number of benzene rings is 1. The normalized spacial score (nSPS) is 19.0. The fourth-order valence-electron chi connectivity index (χ4n) is 5.16. The van der Waals surface area contributed by atoms with E-state index >= 15 is 0 Å². The van der Waals surface area contributed by atoms with E-state index in [2.05, 4.69) is 29.0 Å². The lowest BCUT2D eigenvalue weighted by Gasteiger charge is -2.29. The molecule has 4 rings (SSSR count). The molecule has 2 aliphatic heterocycles. The van der Waals surface area contributed by atoms with Gasteiger partial charge in [0.15, 0.2) is 0 Å². The van der Waals surface area contributed by atoms with Crippen molar-refractivity contribution in [3.05, 3.63) is 63.6 Å². The van der Waals surface area contributed by atoms with Crippen molar-refractivity contribution in [2.75, 3.05) is 60.6 Å². The van der Waals surface area contributed by atoms with Gasteiger partial charge in [-0.25, -0.2) is 4.79 Å². The second-order valence-corrected chi connectivity index (χ2v) is 9.59. The first-order valence-electron chi connectivity index (χ1n) is 12.7. The van der Waals surface area contributed by atoms with E-state index in [0.29, 0.717) is 49.0 Å². The summed E-state index contributed by atoms with van der Waals surface area (Å²) in [5.41, 5.74) is 1.96. The Morgan fingerprint density at radius 3 is 2.72 bits per heavy atom. The van der Waals surface area contributed by atoms with E-state index in [4.69, 9.17) is 14.2 Å². The number of piperidine rings is 1. The lowest BCUT2D eigenvalue weighted by molar-refractivity contribution is 0.0590. The number of hydrogen-bond acceptors (Lipinski definition) is 7. The highest BCUT2D eigenvalue weighted by Gasteiger charge is 2.27. The van der Waals surface area contributed by atoms with Crippen LogP contribution in [0.1, 0.15) is 34.5 Å². The molecule has 194 valence electrons. The van der Waals surface area contributed by atoms with Crippen molar-refractivity contribution in [1.29, 1.82) is 0 Å². The Bertz CT molecular complexity index is 1140. The molecular weight excluding hydrogens is 458 g/mol. The van der Waals surface area contributed by atoms with Gasteiger partial charge in [0.05, 0.1) is 20.8 Å². The first-order chi connectivity index (χ1) is 17.5. The molecular formula is C28H37N3O5. The molecule has 8 heteroatoms. The Balaban J connectivity index is 1.49. The molecule has 1 fully saturated rings. The number of likely N-dealkylation sites (tertiary alicyclic amines) is 1. The molecule has 0 saturated carbocycles. The average molecular weight is 496 g/mol. The van der Waals surface area contributed by atoms with Crippen LogP contribution in [0, 0.1) is 5.92 Å². The number of fused-ring (bicyclic) bond motifs is 1. The predicted molar refractivity (Wildman–Crippen MR) is 140 cm³/mol. The quantitative estimate of drug-likeness (QED) is 0.522. The van der Waals surface area contributed by atoms with E-state index in [1.807, 2.05) is 24.3 Å². The van der Waals surface area contributed by atoms with E-state index < -0.39 is 5.97 Å². The number of rotatable bonds is 8. The number of pyridine rings is 1. The number of para-hydroxylation sites is 1. The summed E-state index contributed by atoms with van der Waals surface area (Å²) in [5, 5.41) is 0. The number of methoxy groups -OCH3 is 2. The minimum absolute atomic E-state index is 0.139. The van der Waals surface area contributed by atoms with Gasteiger partial charge in [0.1, 0.15) is 17.1 Å². The van der Waals surface area contributed by atoms with Gasteiger partial charge in [0.25, 0.3) is 5.56 Å². The number of carbonyl (C=O) groups is 1. The van der Waals surface area contributed by atoms with Gasteiger partial charge in [-0.05, 0) is 32.5 Å². The van der Waals surface area contributed by atoms with Crippen LogP contribution >= 0.6 is 0 Å². The average Bonchev–Trinajstić information content (AvgIpc) is 3.10. The summed E-state index contributed by atoms with van der Waals surface area (Å²) in [6, 6.07) is 9.35. The molecule has 0 amide bonds. The van der Waals surface area contributed by atoms with Crippen molar-refractivity contribution in [3.8, 4) is 11.5 Å². The summed E-state index contributed by atoms with van der Waals surface area (Å²) in [7, 11) is 5.15. The number of hydrogen-bond donors (Lipinski definition) is 0. The molecule has 3 heterocycles. The molecule has 0 N–H and O–H groups in total. The Morgan fingerprint density at radius 1 is 1.11 bits per heavy atom. The smallest absolute Gasteiger partial charge is 0.343 e. The van der Waals surface area contributed by atoms with Gasteiger partial charge in [0, 0.05) is 62.4 Å². The molecule has 1 atom stereocenters. The van der Waals surface area contributed by atoms with E-state index in [1.54, 1.807) is 11.7 Å². The summed E-state index contributed by atoms with van der Waals surface area (Å²) >= 11 is 0. The van der Waals surface area contributed by atoms with Gasteiger partial charge < -0.3 is 23.7 Å². The van der Waals surface area contributed by atoms with Crippen LogP contribution in [0.15, 0.2) is 41.2 Å². The molecule has 1 aromatic carbocycles. The predicted octanol–water partition coefficient (Wildman–Crippen LogP) is 2.94. The van der Waals surface area contributed by atoms with Crippen molar-refractivity contribution in [1.82, 2.24) is 14.4 Å². The van der Waals surface area contributed by atoms with Gasteiger partial charge >= 0.3 is 5.97 Å². The highest BCUT2D eigenvalue weighted by Crippen LogP contribution is 2.26. The standard InChI is InChI=1S/C28H37N3O5/c1-29-13-6-8-21(19-29)20-36-25-18-26(32)31-17-16-30(15-12-23(31)27(25)28(33)35-3)14-7-10-22-9-4-5-11-24(22)34-2/h4-5,7,9-11,18,21H,6,8,12-17,19-20H2,1-3H3. The summed E-state index contributed by atoms with van der Waals surface area (Å²) in [5.74, 6) is 1.09. The van der Waals surface area contributed by atoms with Crippen molar-refractivity contribution >= 4 is 12.0 Å². The SMILES string of the molecule is COC(=O)c1c(OCC2CCCN(C)C2)cc(=O)n2c1CCN(CC=Cc1ccccc1OC)CC2. The van der Waals surface area contributed by atoms with E-state index in [1.165, 1.54) is 13.2 Å². The summed E-state index contributed by atoms with van der Waals surface area (Å²) in [6.45, 7) is 5.19. The second-order valence-electron chi connectivity index (χ2n) is 9.59. The van der Waals surface area contributed by atoms with Gasteiger partial charge in [0.2, 0.25) is 0 Å². The van der Waals surface area contributed by atoms with E-state index in [0.717, 1.165) is 50.3 Å². The zero-order valence-corrected chi connectivity index (χ0v) is 21.6.